The summed E-state index contributed by atoms with van der Waals surface area (Å²) in [5, 5.41) is 8.85. The summed E-state index contributed by atoms with van der Waals surface area (Å²) in [6, 6.07) is 11.9. The van der Waals surface area contributed by atoms with Crippen LogP contribution >= 0.6 is 0 Å². The maximum absolute atomic E-state index is 12.8. The van der Waals surface area contributed by atoms with Crippen LogP contribution in [0.25, 0.3) is 0 Å². The molecule has 0 fully saturated rings. The van der Waals surface area contributed by atoms with Gasteiger partial charge in [0.2, 0.25) is 0 Å². The number of rotatable bonds is 7. The van der Waals surface area contributed by atoms with Gasteiger partial charge < -0.3 is 9.64 Å². The van der Waals surface area contributed by atoms with Gasteiger partial charge in [-0.3, -0.25) is 4.79 Å². The number of hydrogen-bond donors (Lipinski definition) is 0. The van der Waals surface area contributed by atoms with Crippen LogP contribution in [0.15, 0.2) is 53.4 Å². The molecule has 0 aliphatic heterocycles. The average Bonchev–Trinajstić information content (AvgIpc) is 2.68. The lowest BCUT2D eigenvalue weighted by molar-refractivity contribution is -0.0436. The molecular formula is C19H17F3N2O4S. The number of hydrogen-bond acceptors (Lipinski definition) is 5. The first-order valence-corrected chi connectivity index (χ1v) is 9.93. The van der Waals surface area contributed by atoms with E-state index >= 15 is 0 Å². The fraction of sp³-hybridized carbons (Fsp3) is 0.263. The van der Waals surface area contributed by atoms with Gasteiger partial charge in [-0.05, 0) is 55.5 Å². The Morgan fingerprint density at radius 2 is 1.69 bits per heavy atom. The summed E-state index contributed by atoms with van der Waals surface area (Å²) in [6.07, 6.45) is 0.0273. The molecule has 0 spiro atoms. The van der Waals surface area contributed by atoms with Gasteiger partial charge in [0.05, 0.1) is 24.0 Å². The van der Waals surface area contributed by atoms with Crippen molar-refractivity contribution in [1.29, 1.82) is 5.26 Å². The Morgan fingerprint density at radius 3 is 2.17 bits per heavy atom. The predicted octanol–water partition coefficient (Wildman–Crippen LogP) is 3.94. The second-order valence-electron chi connectivity index (χ2n) is 5.77. The number of sulfone groups is 1. The van der Waals surface area contributed by atoms with Gasteiger partial charge in [-0.1, -0.05) is 0 Å². The third kappa shape index (κ3) is 5.06. The minimum absolute atomic E-state index is 0.0158. The molecule has 2 aromatic rings. The SMILES string of the molecule is CCOc1ccc(N(CCC#N)C(=O)c2ccc(S(=O)(=O)C(F)(F)F)cc2)cc1. The number of ether oxygens (including phenoxy) is 1. The highest BCUT2D eigenvalue weighted by molar-refractivity contribution is 7.92. The highest BCUT2D eigenvalue weighted by Crippen LogP contribution is 2.30. The average molecular weight is 426 g/mol. The van der Waals surface area contributed by atoms with Gasteiger partial charge in [0.1, 0.15) is 5.75 Å². The van der Waals surface area contributed by atoms with E-state index < -0.39 is 26.1 Å². The summed E-state index contributed by atoms with van der Waals surface area (Å²) in [6.45, 7) is 2.33. The van der Waals surface area contributed by atoms with Crippen molar-refractivity contribution in [3.63, 3.8) is 0 Å². The molecule has 0 saturated carbocycles. The zero-order valence-electron chi connectivity index (χ0n) is 15.3. The van der Waals surface area contributed by atoms with Crippen molar-refractivity contribution in [3.8, 4) is 11.8 Å². The van der Waals surface area contributed by atoms with Gasteiger partial charge >= 0.3 is 5.51 Å². The van der Waals surface area contributed by atoms with Crippen molar-refractivity contribution < 1.29 is 31.1 Å². The lowest BCUT2D eigenvalue weighted by Crippen LogP contribution is -2.32. The second kappa shape index (κ2) is 8.96. The Balaban J connectivity index is 2.33. The summed E-state index contributed by atoms with van der Waals surface area (Å²) in [5.74, 6) is 0.00556. The van der Waals surface area contributed by atoms with Crippen LogP contribution in [0, 0.1) is 11.3 Å². The fourth-order valence-electron chi connectivity index (χ4n) is 2.46. The molecule has 10 heteroatoms. The largest absolute Gasteiger partial charge is 0.501 e. The number of carbonyl (C=O) groups is 1. The number of anilines is 1. The van der Waals surface area contributed by atoms with Gasteiger partial charge in [0.15, 0.2) is 0 Å². The van der Waals surface area contributed by atoms with E-state index in [9.17, 15) is 26.4 Å². The van der Waals surface area contributed by atoms with Crippen molar-refractivity contribution in [2.45, 2.75) is 23.7 Å². The van der Waals surface area contributed by atoms with E-state index in [0.29, 0.717) is 18.0 Å². The fourth-order valence-corrected chi connectivity index (χ4v) is 3.23. The van der Waals surface area contributed by atoms with Crippen molar-refractivity contribution >= 4 is 21.4 Å². The van der Waals surface area contributed by atoms with Gasteiger partial charge in [-0.25, -0.2) is 8.42 Å². The van der Waals surface area contributed by atoms with Crippen LogP contribution in [0.5, 0.6) is 5.75 Å². The Morgan fingerprint density at radius 1 is 1.10 bits per heavy atom. The third-order valence-corrected chi connectivity index (χ3v) is 5.37. The van der Waals surface area contributed by atoms with Crippen molar-refractivity contribution in [2.24, 2.45) is 0 Å². The van der Waals surface area contributed by atoms with Gasteiger partial charge in [0, 0.05) is 17.8 Å². The van der Waals surface area contributed by atoms with Crippen LogP contribution < -0.4 is 9.64 Å². The highest BCUT2D eigenvalue weighted by atomic mass is 32.2. The monoisotopic (exact) mass is 426 g/mol. The molecule has 0 aromatic heterocycles. The Bertz CT molecular complexity index is 996. The summed E-state index contributed by atoms with van der Waals surface area (Å²) >= 11 is 0. The standard InChI is InChI=1S/C19H17F3N2O4S/c1-2-28-16-8-6-15(7-9-16)24(13-3-12-23)18(25)14-4-10-17(11-5-14)29(26,27)19(20,21)22/h4-11H,2-3,13H2,1H3. The molecular weight excluding hydrogens is 409 g/mol. The van der Waals surface area contributed by atoms with Crippen LogP contribution in [0.3, 0.4) is 0 Å². The zero-order valence-corrected chi connectivity index (χ0v) is 16.1. The molecule has 0 unspecified atom stereocenters. The molecule has 0 radical (unpaired) electrons. The van der Waals surface area contributed by atoms with Crippen molar-refractivity contribution in [2.75, 3.05) is 18.1 Å². The van der Waals surface area contributed by atoms with E-state index in [4.69, 9.17) is 10.00 Å². The van der Waals surface area contributed by atoms with E-state index in [1.165, 1.54) is 4.90 Å². The molecule has 0 atom stereocenters. The first-order valence-electron chi connectivity index (χ1n) is 8.45. The molecule has 0 N–H and O–H groups in total. The molecule has 0 heterocycles. The molecule has 0 aliphatic carbocycles. The summed E-state index contributed by atoms with van der Waals surface area (Å²) in [7, 11) is -5.50. The number of nitriles is 1. The maximum atomic E-state index is 12.8. The number of halogens is 3. The Labute approximate surface area is 166 Å². The van der Waals surface area contributed by atoms with Gasteiger partial charge in [-0.2, -0.15) is 18.4 Å². The smallest absolute Gasteiger partial charge is 0.494 e. The minimum Gasteiger partial charge on any atom is -0.494 e. The first-order chi connectivity index (χ1) is 13.6. The predicted molar refractivity (Wildman–Crippen MR) is 99.2 cm³/mol. The second-order valence-corrected chi connectivity index (χ2v) is 7.71. The van der Waals surface area contributed by atoms with E-state index in [1.54, 1.807) is 24.3 Å². The number of nitrogens with zero attached hydrogens (tertiary/aromatic N) is 2. The Kier molecular flexibility index (Phi) is 6.87. The van der Waals surface area contributed by atoms with E-state index in [0.717, 1.165) is 24.3 Å². The van der Waals surface area contributed by atoms with E-state index in [-0.39, 0.29) is 18.5 Å². The lowest BCUT2D eigenvalue weighted by atomic mass is 10.1. The lowest BCUT2D eigenvalue weighted by Gasteiger charge is -2.22. The van der Waals surface area contributed by atoms with Crippen LogP contribution in [-0.4, -0.2) is 33.0 Å². The topological polar surface area (TPSA) is 87.5 Å². The van der Waals surface area contributed by atoms with Gasteiger partial charge in [0.25, 0.3) is 15.7 Å². The molecule has 154 valence electrons. The third-order valence-electron chi connectivity index (χ3n) is 3.87. The number of amides is 1. The molecule has 29 heavy (non-hydrogen) atoms. The number of benzene rings is 2. The molecule has 2 aromatic carbocycles. The zero-order chi connectivity index (χ0) is 21.7. The summed E-state index contributed by atoms with van der Waals surface area (Å²) < 4.78 is 66.2. The minimum atomic E-state index is -5.50. The van der Waals surface area contributed by atoms with Crippen molar-refractivity contribution in [3.05, 3.63) is 54.1 Å². The molecule has 0 saturated heterocycles. The number of carbonyl (C=O) groups excluding carboxylic acids is 1. The summed E-state index contributed by atoms with van der Waals surface area (Å²) in [4.78, 5) is 13.2. The number of alkyl halides is 3. The van der Waals surface area contributed by atoms with E-state index in [1.807, 2.05) is 13.0 Å². The molecule has 0 aliphatic rings. The van der Waals surface area contributed by atoms with Crippen LogP contribution in [0.4, 0.5) is 18.9 Å². The molecule has 2 rings (SSSR count). The maximum Gasteiger partial charge on any atom is 0.501 e. The summed E-state index contributed by atoms with van der Waals surface area (Å²) in [5.41, 5.74) is -4.99. The molecule has 0 bridgehead atoms. The molecule has 6 nitrogen and oxygen atoms in total. The van der Waals surface area contributed by atoms with Gasteiger partial charge in [-0.15, -0.1) is 0 Å². The van der Waals surface area contributed by atoms with Crippen LogP contribution in [-0.2, 0) is 9.84 Å². The Hall–Kier alpha value is -3.06. The van der Waals surface area contributed by atoms with Crippen molar-refractivity contribution in [1.82, 2.24) is 0 Å². The van der Waals surface area contributed by atoms with Crippen LogP contribution in [0.2, 0.25) is 0 Å². The van der Waals surface area contributed by atoms with Crippen LogP contribution in [0.1, 0.15) is 23.7 Å². The normalized spacial score (nSPS) is 11.6. The highest BCUT2D eigenvalue weighted by Gasteiger charge is 2.46. The van der Waals surface area contributed by atoms with E-state index in [2.05, 4.69) is 0 Å². The molecule has 1 amide bonds. The first kappa shape index (κ1) is 22.2. The quantitative estimate of drug-likeness (QED) is 0.669.